The van der Waals surface area contributed by atoms with Gasteiger partial charge in [0.15, 0.2) is 0 Å². The lowest BCUT2D eigenvalue weighted by Gasteiger charge is -2.12. The van der Waals surface area contributed by atoms with Gasteiger partial charge in [0, 0.05) is 18.7 Å². The van der Waals surface area contributed by atoms with E-state index in [9.17, 15) is 9.90 Å². The van der Waals surface area contributed by atoms with E-state index < -0.39 is 0 Å². The third-order valence-electron chi connectivity index (χ3n) is 5.41. The summed E-state index contributed by atoms with van der Waals surface area (Å²) in [6, 6.07) is 19.7. The van der Waals surface area contributed by atoms with Crippen LogP contribution in [0.2, 0.25) is 0 Å². The van der Waals surface area contributed by atoms with Gasteiger partial charge in [-0.3, -0.25) is 9.48 Å². The molecule has 0 atom stereocenters. The first kappa shape index (κ1) is 20.8. The number of amides is 1. The molecule has 1 heterocycles. The molecule has 0 fully saturated rings. The lowest BCUT2D eigenvalue weighted by atomic mass is 9.94. The molecule has 0 aliphatic heterocycles. The summed E-state index contributed by atoms with van der Waals surface area (Å²) in [5.74, 6) is 1.57. The van der Waals surface area contributed by atoms with Gasteiger partial charge in [-0.15, -0.1) is 0 Å². The zero-order chi connectivity index (χ0) is 21.8. The smallest absolute Gasteiger partial charge is 0.251 e. The van der Waals surface area contributed by atoms with Gasteiger partial charge < -0.3 is 10.4 Å². The van der Waals surface area contributed by atoms with Crippen molar-refractivity contribution >= 4 is 16.7 Å². The van der Waals surface area contributed by atoms with E-state index in [4.69, 9.17) is 0 Å². The molecule has 0 bridgehead atoms. The number of carbonyl (C=O) groups excluding carboxylic acids is 1. The predicted octanol–water partition coefficient (Wildman–Crippen LogP) is 4.03. The standard InChI is InChI=1S/C25H26N4O2/c1-17-27-18(2)29(28-17)15-5-14-26-25(31)24-13-12-21(22-6-3-4-7-23(22)24)20-10-8-19(16-30)9-11-20/h3-4,6-13,30H,5,14-16H2,1-2H3,(H,26,31). The van der Waals surface area contributed by atoms with E-state index in [1.165, 1.54) is 0 Å². The molecule has 0 saturated heterocycles. The highest BCUT2D eigenvalue weighted by molar-refractivity contribution is 6.10. The van der Waals surface area contributed by atoms with Crippen LogP contribution >= 0.6 is 0 Å². The molecule has 3 aromatic carbocycles. The van der Waals surface area contributed by atoms with Crippen molar-refractivity contribution in [1.82, 2.24) is 20.1 Å². The summed E-state index contributed by atoms with van der Waals surface area (Å²) >= 11 is 0. The molecule has 158 valence electrons. The van der Waals surface area contributed by atoms with Gasteiger partial charge in [0.2, 0.25) is 0 Å². The second kappa shape index (κ2) is 9.10. The largest absolute Gasteiger partial charge is 0.392 e. The first-order chi connectivity index (χ1) is 15.1. The van der Waals surface area contributed by atoms with Crippen LogP contribution in [0.4, 0.5) is 0 Å². The topological polar surface area (TPSA) is 80.0 Å². The quantitative estimate of drug-likeness (QED) is 0.448. The van der Waals surface area contributed by atoms with E-state index in [2.05, 4.69) is 15.4 Å². The average Bonchev–Trinajstić information content (AvgIpc) is 3.12. The minimum Gasteiger partial charge on any atom is -0.392 e. The molecule has 0 spiro atoms. The Balaban J connectivity index is 1.51. The Bertz CT molecular complexity index is 1210. The van der Waals surface area contributed by atoms with Gasteiger partial charge >= 0.3 is 0 Å². The summed E-state index contributed by atoms with van der Waals surface area (Å²) < 4.78 is 1.87. The highest BCUT2D eigenvalue weighted by atomic mass is 16.3. The van der Waals surface area contributed by atoms with Gasteiger partial charge in [-0.2, -0.15) is 5.10 Å². The summed E-state index contributed by atoms with van der Waals surface area (Å²) in [4.78, 5) is 17.2. The van der Waals surface area contributed by atoms with E-state index in [-0.39, 0.29) is 12.5 Å². The first-order valence-electron chi connectivity index (χ1n) is 10.4. The Kier molecular flexibility index (Phi) is 6.09. The van der Waals surface area contributed by atoms with Crippen molar-refractivity contribution in [3.63, 3.8) is 0 Å². The van der Waals surface area contributed by atoms with E-state index in [0.717, 1.165) is 52.1 Å². The van der Waals surface area contributed by atoms with Gasteiger partial charge in [-0.05, 0) is 53.8 Å². The van der Waals surface area contributed by atoms with Gasteiger partial charge in [-0.1, -0.05) is 54.6 Å². The number of hydrogen-bond acceptors (Lipinski definition) is 4. The SMILES string of the molecule is Cc1nc(C)n(CCCNC(=O)c2ccc(-c3ccc(CO)cc3)c3ccccc23)n1. The lowest BCUT2D eigenvalue weighted by Crippen LogP contribution is -2.25. The number of carbonyl (C=O) groups is 1. The fraction of sp³-hybridized carbons (Fsp3) is 0.240. The molecular formula is C25H26N4O2. The summed E-state index contributed by atoms with van der Waals surface area (Å²) in [6.07, 6.45) is 0.780. The molecule has 0 unspecified atom stereocenters. The van der Waals surface area contributed by atoms with Crippen LogP contribution in [0, 0.1) is 13.8 Å². The number of hydrogen-bond donors (Lipinski definition) is 2. The fourth-order valence-corrected chi connectivity index (χ4v) is 3.84. The van der Waals surface area contributed by atoms with Gasteiger partial charge in [0.1, 0.15) is 11.6 Å². The number of aliphatic hydroxyl groups excluding tert-OH is 1. The maximum atomic E-state index is 12.9. The number of aliphatic hydroxyl groups is 1. The molecule has 0 radical (unpaired) electrons. The van der Waals surface area contributed by atoms with Crippen molar-refractivity contribution in [1.29, 1.82) is 0 Å². The molecule has 31 heavy (non-hydrogen) atoms. The number of nitrogens with one attached hydrogen (secondary N) is 1. The summed E-state index contributed by atoms with van der Waals surface area (Å²) in [7, 11) is 0. The highest BCUT2D eigenvalue weighted by Gasteiger charge is 2.13. The van der Waals surface area contributed by atoms with Gasteiger partial charge in [0.05, 0.1) is 6.61 Å². The van der Waals surface area contributed by atoms with Crippen LogP contribution in [0.3, 0.4) is 0 Å². The molecule has 1 aromatic heterocycles. The van der Waals surface area contributed by atoms with Crippen LogP contribution in [0.15, 0.2) is 60.7 Å². The summed E-state index contributed by atoms with van der Waals surface area (Å²) in [6.45, 7) is 5.12. The molecule has 0 aliphatic carbocycles. The molecular weight excluding hydrogens is 388 g/mol. The van der Waals surface area contributed by atoms with E-state index in [1.54, 1.807) is 0 Å². The maximum absolute atomic E-state index is 12.9. The first-order valence-corrected chi connectivity index (χ1v) is 10.4. The minimum absolute atomic E-state index is 0.0240. The second-order valence-electron chi connectivity index (χ2n) is 7.60. The Labute approximate surface area is 181 Å². The van der Waals surface area contributed by atoms with Crippen molar-refractivity contribution in [3.05, 3.63) is 83.4 Å². The number of aromatic nitrogens is 3. The summed E-state index contributed by atoms with van der Waals surface area (Å²) in [5, 5.41) is 18.6. The van der Waals surface area contributed by atoms with E-state index >= 15 is 0 Å². The van der Waals surface area contributed by atoms with Crippen LogP contribution in [-0.2, 0) is 13.2 Å². The average molecular weight is 415 g/mol. The predicted molar refractivity (Wildman–Crippen MR) is 122 cm³/mol. The Morgan fingerprint density at radius 1 is 1.00 bits per heavy atom. The van der Waals surface area contributed by atoms with Crippen molar-refractivity contribution in [2.75, 3.05) is 6.54 Å². The highest BCUT2D eigenvalue weighted by Crippen LogP contribution is 2.31. The normalized spacial score (nSPS) is 11.1. The molecule has 2 N–H and O–H groups in total. The van der Waals surface area contributed by atoms with Crippen LogP contribution in [-0.4, -0.2) is 32.3 Å². The van der Waals surface area contributed by atoms with Crippen molar-refractivity contribution in [2.45, 2.75) is 33.4 Å². The summed E-state index contributed by atoms with van der Waals surface area (Å²) in [5.41, 5.74) is 3.66. The Morgan fingerprint density at radius 3 is 2.42 bits per heavy atom. The lowest BCUT2D eigenvalue weighted by molar-refractivity contribution is 0.0954. The molecule has 0 saturated carbocycles. The van der Waals surface area contributed by atoms with Crippen LogP contribution in [0.5, 0.6) is 0 Å². The second-order valence-corrected chi connectivity index (χ2v) is 7.60. The molecule has 1 amide bonds. The van der Waals surface area contributed by atoms with Gasteiger partial charge in [-0.25, -0.2) is 4.98 Å². The fourth-order valence-electron chi connectivity index (χ4n) is 3.84. The van der Waals surface area contributed by atoms with E-state index in [1.807, 2.05) is 79.2 Å². The molecule has 4 rings (SSSR count). The zero-order valence-electron chi connectivity index (χ0n) is 17.8. The number of fused-ring (bicyclic) bond motifs is 1. The number of aryl methyl sites for hydroxylation is 3. The monoisotopic (exact) mass is 414 g/mol. The molecule has 0 aliphatic rings. The van der Waals surface area contributed by atoms with Crippen LogP contribution < -0.4 is 5.32 Å². The maximum Gasteiger partial charge on any atom is 0.251 e. The minimum atomic E-state index is -0.0788. The van der Waals surface area contributed by atoms with Gasteiger partial charge in [0.25, 0.3) is 5.91 Å². The number of benzene rings is 3. The zero-order valence-corrected chi connectivity index (χ0v) is 17.8. The van der Waals surface area contributed by atoms with Crippen LogP contribution in [0.25, 0.3) is 21.9 Å². The van der Waals surface area contributed by atoms with E-state index in [0.29, 0.717) is 12.1 Å². The number of nitrogens with zero attached hydrogens (tertiary/aromatic N) is 3. The van der Waals surface area contributed by atoms with Crippen molar-refractivity contribution < 1.29 is 9.90 Å². The van der Waals surface area contributed by atoms with Crippen LogP contribution in [0.1, 0.15) is 34.0 Å². The Morgan fingerprint density at radius 2 is 1.74 bits per heavy atom. The van der Waals surface area contributed by atoms with Crippen molar-refractivity contribution in [3.8, 4) is 11.1 Å². The molecule has 4 aromatic rings. The number of rotatable bonds is 7. The Hall–Kier alpha value is -3.51. The molecule has 6 nitrogen and oxygen atoms in total. The third kappa shape index (κ3) is 4.49. The molecule has 6 heteroatoms. The third-order valence-corrected chi connectivity index (χ3v) is 5.41. The van der Waals surface area contributed by atoms with Crippen molar-refractivity contribution in [2.24, 2.45) is 0 Å².